The molecule has 0 bridgehead atoms. The molecule has 3 aliphatic heterocycles. The minimum Gasteiger partial charge on any atom is -0.491 e. The quantitative estimate of drug-likeness (QED) is 0.351. The van der Waals surface area contributed by atoms with Gasteiger partial charge in [-0.05, 0) is 49.6 Å². The minimum atomic E-state index is -6.43. The molecule has 0 aromatic heterocycles. The smallest absolute Gasteiger partial charge is 0.435 e. The Bertz CT molecular complexity index is 1630. The summed E-state index contributed by atoms with van der Waals surface area (Å²) in [5.74, 6) is -3.47. The lowest BCUT2D eigenvalue weighted by Gasteiger charge is -2.43. The molecule has 0 aliphatic carbocycles. The maximum atomic E-state index is 14.9. The first-order valence-electron chi connectivity index (χ1n) is 12.9. The standard InChI is InChI=1S/C26H23F8NO6S2/c27-17-2-4-18(5-3-17)43(39,40)23-9-10-35(22(36)15-7-11-42(37,38)12-8-15)21(23)14-41-20-13-16(1-6-19(20)23)24(28,25(29,30)31)26(32,33)34/h1-6,13,15,21H,7-12,14H2. The summed E-state index contributed by atoms with van der Waals surface area (Å²) in [6.45, 7) is -0.944. The van der Waals surface area contributed by atoms with Gasteiger partial charge in [-0.15, -0.1) is 0 Å². The van der Waals surface area contributed by atoms with Gasteiger partial charge >= 0.3 is 18.0 Å². The highest BCUT2D eigenvalue weighted by Crippen LogP contribution is 2.57. The number of ether oxygens (including phenoxy) is 1. The van der Waals surface area contributed by atoms with E-state index in [4.69, 9.17) is 4.74 Å². The summed E-state index contributed by atoms with van der Waals surface area (Å²) in [6.07, 6.45) is -13.3. The molecule has 0 spiro atoms. The highest BCUT2D eigenvalue weighted by atomic mass is 32.2. The van der Waals surface area contributed by atoms with Crippen molar-refractivity contribution < 1.29 is 61.5 Å². The zero-order valence-electron chi connectivity index (χ0n) is 21.9. The molecule has 2 saturated heterocycles. The second-order valence-electron chi connectivity index (χ2n) is 10.7. The van der Waals surface area contributed by atoms with Crippen molar-refractivity contribution in [1.82, 2.24) is 4.90 Å². The molecular weight excluding hydrogens is 638 g/mol. The van der Waals surface area contributed by atoms with E-state index in [0.29, 0.717) is 6.07 Å². The van der Waals surface area contributed by atoms with Gasteiger partial charge in [0.25, 0.3) is 0 Å². The average molecular weight is 662 g/mol. The Kier molecular flexibility index (Phi) is 7.35. The van der Waals surface area contributed by atoms with Crippen LogP contribution in [-0.4, -0.2) is 70.7 Å². The van der Waals surface area contributed by atoms with Crippen molar-refractivity contribution in [2.75, 3.05) is 24.7 Å². The predicted molar refractivity (Wildman–Crippen MR) is 134 cm³/mol. The maximum Gasteiger partial charge on any atom is 0.435 e. The van der Waals surface area contributed by atoms with Crippen molar-refractivity contribution in [3.8, 4) is 5.75 Å². The maximum absolute atomic E-state index is 14.9. The highest BCUT2D eigenvalue weighted by molar-refractivity contribution is 7.92. The van der Waals surface area contributed by atoms with Gasteiger partial charge in [0.2, 0.25) is 5.91 Å². The molecule has 236 valence electrons. The van der Waals surface area contributed by atoms with Crippen LogP contribution < -0.4 is 4.74 Å². The average Bonchev–Trinajstić information content (AvgIpc) is 3.32. The fraction of sp³-hybridized carbons (Fsp3) is 0.500. The van der Waals surface area contributed by atoms with Gasteiger partial charge in [0.05, 0.1) is 22.4 Å². The fourth-order valence-electron chi connectivity index (χ4n) is 6.18. The number of nitrogens with zero attached hydrogens (tertiary/aromatic N) is 1. The van der Waals surface area contributed by atoms with Gasteiger partial charge in [0, 0.05) is 23.6 Å². The number of alkyl halides is 7. The minimum absolute atomic E-state index is 0.0314. The fourth-order valence-corrected chi connectivity index (χ4v) is 9.96. The number of halogens is 8. The van der Waals surface area contributed by atoms with Crippen molar-refractivity contribution in [3.63, 3.8) is 0 Å². The molecule has 5 rings (SSSR count). The van der Waals surface area contributed by atoms with Crippen molar-refractivity contribution in [3.05, 3.63) is 59.4 Å². The Morgan fingerprint density at radius 1 is 0.930 bits per heavy atom. The van der Waals surface area contributed by atoms with E-state index < -0.39 is 94.5 Å². The molecule has 2 fully saturated rings. The van der Waals surface area contributed by atoms with Crippen molar-refractivity contribution in [1.29, 1.82) is 0 Å². The summed E-state index contributed by atoms with van der Waals surface area (Å²) in [4.78, 5) is 14.3. The van der Waals surface area contributed by atoms with Crippen LogP contribution in [-0.2, 0) is 34.9 Å². The van der Waals surface area contributed by atoms with Gasteiger partial charge in [0.15, 0.2) is 9.84 Å². The Balaban J connectivity index is 1.65. The molecule has 7 nitrogen and oxygen atoms in total. The molecule has 2 aromatic rings. The van der Waals surface area contributed by atoms with E-state index in [0.717, 1.165) is 24.3 Å². The predicted octanol–water partition coefficient (Wildman–Crippen LogP) is 4.60. The number of rotatable bonds is 4. The van der Waals surface area contributed by atoms with Crippen LogP contribution in [0.2, 0.25) is 0 Å². The Morgan fingerprint density at radius 2 is 1.51 bits per heavy atom. The molecule has 3 heterocycles. The SMILES string of the molecule is O=C(C1CCS(=O)(=O)CC1)N1CCC2(S(=O)(=O)c3ccc(F)cc3)c3ccc(C(F)(C(F)(F)F)C(F)(F)F)cc3OCC12. The van der Waals surface area contributed by atoms with E-state index in [1.54, 1.807) is 0 Å². The number of hydrogen-bond donors (Lipinski definition) is 0. The van der Waals surface area contributed by atoms with Crippen molar-refractivity contribution in [2.24, 2.45) is 5.92 Å². The number of carbonyl (C=O) groups excluding carboxylic acids is 1. The zero-order valence-corrected chi connectivity index (χ0v) is 23.5. The molecule has 2 atom stereocenters. The van der Waals surface area contributed by atoms with Crippen molar-refractivity contribution >= 4 is 25.6 Å². The number of amides is 1. The number of carbonyl (C=O) groups is 1. The molecule has 0 N–H and O–H groups in total. The molecule has 43 heavy (non-hydrogen) atoms. The van der Waals surface area contributed by atoms with E-state index in [1.165, 1.54) is 4.90 Å². The Hall–Kier alpha value is -2.95. The van der Waals surface area contributed by atoms with E-state index in [2.05, 4.69) is 0 Å². The molecular formula is C26H23F8NO6S2. The number of benzene rings is 2. The van der Waals surface area contributed by atoms with Crippen LogP contribution in [0.1, 0.15) is 30.4 Å². The number of hydrogen-bond acceptors (Lipinski definition) is 6. The molecule has 0 radical (unpaired) electrons. The molecule has 2 aromatic carbocycles. The molecule has 1 amide bonds. The monoisotopic (exact) mass is 661 g/mol. The van der Waals surface area contributed by atoms with E-state index in [9.17, 15) is 56.8 Å². The van der Waals surface area contributed by atoms with Crippen LogP contribution in [0.3, 0.4) is 0 Å². The van der Waals surface area contributed by atoms with Gasteiger partial charge in [-0.3, -0.25) is 4.79 Å². The Labute approximate surface area is 240 Å². The highest BCUT2D eigenvalue weighted by Gasteiger charge is 2.74. The van der Waals surface area contributed by atoms with Gasteiger partial charge in [-0.2, -0.15) is 26.3 Å². The van der Waals surface area contributed by atoms with Crippen LogP contribution in [0.15, 0.2) is 47.4 Å². The molecule has 2 unspecified atom stereocenters. The summed E-state index contributed by atoms with van der Waals surface area (Å²) < 4.78 is 165. The van der Waals surface area contributed by atoms with Gasteiger partial charge in [0.1, 0.15) is 32.8 Å². The summed E-state index contributed by atoms with van der Waals surface area (Å²) in [6, 6.07) is 3.14. The van der Waals surface area contributed by atoms with Crippen LogP contribution >= 0.6 is 0 Å². The second kappa shape index (κ2) is 10.0. The largest absolute Gasteiger partial charge is 0.491 e. The number of fused-ring (bicyclic) bond motifs is 3. The van der Waals surface area contributed by atoms with Crippen LogP contribution in [0.25, 0.3) is 0 Å². The molecule has 17 heteroatoms. The summed E-state index contributed by atoms with van der Waals surface area (Å²) in [5.41, 5.74) is -8.09. The van der Waals surface area contributed by atoms with E-state index in [-0.39, 0.29) is 49.4 Å². The normalized spacial score (nSPS) is 24.7. The first-order valence-corrected chi connectivity index (χ1v) is 16.2. The van der Waals surface area contributed by atoms with Gasteiger partial charge < -0.3 is 9.64 Å². The lowest BCUT2D eigenvalue weighted by atomic mass is 9.85. The lowest BCUT2D eigenvalue weighted by Crippen LogP contribution is -2.56. The molecule has 0 saturated carbocycles. The van der Waals surface area contributed by atoms with Crippen LogP contribution in [0.4, 0.5) is 35.1 Å². The van der Waals surface area contributed by atoms with Gasteiger partial charge in [-0.25, -0.2) is 25.6 Å². The first kappa shape index (κ1) is 31.5. The Morgan fingerprint density at radius 3 is 2.07 bits per heavy atom. The number of sulfone groups is 2. The van der Waals surface area contributed by atoms with E-state index >= 15 is 0 Å². The van der Waals surface area contributed by atoms with Gasteiger partial charge in [-0.1, -0.05) is 12.1 Å². The first-order chi connectivity index (χ1) is 19.8. The van der Waals surface area contributed by atoms with Crippen LogP contribution in [0.5, 0.6) is 5.75 Å². The van der Waals surface area contributed by atoms with Crippen molar-refractivity contribution in [2.45, 2.75) is 53.0 Å². The summed E-state index contributed by atoms with van der Waals surface area (Å²) >= 11 is 0. The third kappa shape index (κ3) is 4.77. The lowest BCUT2D eigenvalue weighted by molar-refractivity contribution is -0.348. The molecule has 3 aliphatic rings. The third-order valence-electron chi connectivity index (χ3n) is 8.44. The van der Waals surface area contributed by atoms with Crippen LogP contribution in [0, 0.1) is 11.7 Å². The topological polar surface area (TPSA) is 97.8 Å². The third-order valence-corrected chi connectivity index (χ3v) is 12.7. The second-order valence-corrected chi connectivity index (χ2v) is 15.3. The van der Waals surface area contributed by atoms with E-state index in [1.807, 2.05) is 0 Å². The summed E-state index contributed by atoms with van der Waals surface area (Å²) in [5, 5.41) is 0. The number of likely N-dealkylation sites (tertiary alicyclic amines) is 1. The zero-order chi connectivity index (χ0) is 31.8. The summed E-state index contributed by atoms with van der Waals surface area (Å²) in [7, 11) is -8.05.